The van der Waals surface area contributed by atoms with Crippen LogP contribution in [0.15, 0.2) is 69.4 Å². The second-order valence-electron chi connectivity index (χ2n) is 6.16. The number of sulfonamides is 1. The van der Waals surface area contributed by atoms with E-state index in [0.717, 1.165) is 9.69 Å². The van der Waals surface area contributed by atoms with Crippen LogP contribution in [0.25, 0.3) is 10.9 Å². The molecule has 144 valence electrons. The first-order valence-corrected chi connectivity index (χ1v) is 9.71. The number of aromatic nitrogens is 1. The van der Waals surface area contributed by atoms with Gasteiger partial charge < -0.3 is 4.98 Å². The average molecular weight is 398 g/mol. The average Bonchev–Trinajstić information content (AvgIpc) is 2.68. The number of fused-ring (bicyclic) bond motifs is 1. The van der Waals surface area contributed by atoms with Crippen LogP contribution in [0, 0.1) is 0 Å². The van der Waals surface area contributed by atoms with Crippen LogP contribution in [0.2, 0.25) is 0 Å². The molecule has 0 radical (unpaired) electrons. The normalized spacial score (nSPS) is 12.0. The molecule has 0 bridgehead atoms. The van der Waals surface area contributed by atoms with Crippen molar-refractivity contribution in [3.05, 3.63) is 76.1 Å². The molecule has 1 heterocycles. The Morgan fingerprint density at radius 1 is 1.11 bits per heavy atom. The van der Waals surface area contributed by atoms with Gasteiger partial charge in [-0.05, 0) is 35.7 Å². The lowest BCUT2D eigenvalue weighted by Gasteiger charge is -2.11. The molecule has 28 heavy (non-hydrogen) atoms. The molecule has 2 aromatic carbocycles. The Hall–Kier alpha value is -3.30. The third-order valence-electron chi connectivity index (χ3n) is 4.03. The first kappa shape index (κ1) is 19.5. The molecular formula is C19H18N4O4S. The van der Waals surface area contributed by atoms with Gasteiger partial charge in [-0.25, -0.2) is 18.1 Å². The number of carbonyl (C=O) groups excluding carboxylic acids is 1. The molecule has 0 spiro atoms. The molecular weight excluding hydrogens is 380 g/mol. The summed E-state index contributed by atoms with van der Waals surface area (Å²) in [5.41, 5.74) is 3.08. The highest BCUT2D eigenvalue weighted by atomic mass is 32.2. The summed E-state index contributed by atoms with van der Waals surface area (Å²) in [4.78, 5) is 27.1. The van der Waals surface area contributed by atoms with Crippen molar-refractivity contribution in [3.8, 4) is 0 Å². The van der Waals surface area contributed by atoms with Gasteiger partial charge in [0.15, 0.2) is 0 Å². The summed E-state index contributed by atoms with van der Waals surface area (Å²) in [5.74, 6) is -0.593. The predicted molar refractivity (Wildman–Crippen MR) is 107 cm³/mol. The minimum atomic E-state index is -3.65. The van der Waals surface area contributed by atoms with Crippen molar-refractivity contribution in [2.24, 2.45) is 5.10 Å². The molecule has 0 unspecified atom stereocenters. The molecule has 0 aliphatic heterocycles. The highest BCUT2D eigenvalue weighted by molar-refractivity contribution is 7.89. The van der Waals surface area contributed by atoms with Crippen molar-refractivity contribution in [2.45, 2.75) is 4.90 Å². The molecule has 3 aromatic rings. The monoisotopic (exact) mass is 398 g/mol. The number of hydrogen-bond donors (Lipinski definition) is 2. The molecule has 8 nitrogen and oxygen atoms in total. The van der Waals surface area contributed by atoms with E-state index in [1.54, 1.807) is 12.1 Å². The van der Waals surface area contributed by atoms with Crippen molar-refractivity contribution >= 4 is 33.0 Å². The van der Waals surface area contributed by atoms with Gasteiger partial charge in [-0.2, -0.15) is 5.10 Å². The number of para-hydroxylation sites is 1. The molecule has 0 aliphatic rings. The Labute approximate surface area is 161 Å². The minimum Gasteiger partial charge on any atom is -0.321 e. The van der Waals surface area contributed by atoms with Gasteiger partial charge in [-0.3, -0.25) is 9.59 Å². The topological polar surface area (TPSA) is 112 Å². The Balaban J connectivity index is 1.79. The van der Waals surface area contributed by atoms with E-state index in [1.165, 1.54) is 44.6 Å². The molecule has 1 amide bonds. The van der Waals surface area contributed by atoms with Crippen molar-refractivity contribution in [3.63, 3.8) is 0 Å². The summed E-state index contributed by atoms with van der Waals surface area (Å²) in [6, 6.07) is 14.6. The number of rotatable bonds is 5. The van der Waals surface area contributed by atoms with E-state index in [1.807, 2.05) is 18.2 Å². The fourth-order valence-corrected chi connectivity index (χ4v) is 3.44. The quantitative estimate of drug-likeness (QED) is 0.501. The van der Waals surface area contributed by atoms with Crippen LogP contribution in [-0.2, 0) is 10.0 Å². The maximum Gasteiger partial charge on any atom is 0.271 e. The molecule has 0 fully saturated rings. The van der Waals surface area contributed by atoms with Crippen molar-refractivity contribution in [1.82, 2.24) is 14.7 Å². The fourth-order valence-electron chi connectivity index (χ4n) is 2.49. The number of nitrogens with zero attached hydrogens (tertiary/aromatic N) is 2. The highest BCUT2D eigenvalue weighted by Gasteiger charge is 2.18. The number of hydrogen-bond acceptors (Lipinski definition) is 5. The van der Waals surface area contributed by atoms with Crippen LogP contribution in [-0.4, -0.2) is 43.9 Å². The van der Waals surface area contributed by atoms with Crippen LogP contribution in [0.1, 0.15) is 15.9 Å². The molecule has 3 rings (SSSR count). The van der Waals surface area contributed by atoms with Gasteiger partial charge in [0.2, 0.25) is 10.0 Å². The number of amides is 1. The summed E-state index contributed by atoms with van der Waals surface area (Å²) < 4.78 is 25.4. The minimum absolute atomic E-state index is 0.0000956. The number of nitrogens with one attached hydrogen (secondary N) is 2. The standard InChI is InChI=1S/C19H18N4O4S/c1-23(2)28(26,27)16-8-5-7-14(11-16)19(25)22-20-12-15-10-13-6-3-4-9-17(13)21-18(15)24/h3-12H,1-2H3,(H,21,24)(H,22,25)/b20-12+. The van der Waals surface area contributed by atoms with E-state index in [0.29, 0.717) is 5.52 Å². The first-order valence-electron chi connectivity index (χ1n) is 8.27. The fraction of sp³-hybridized carbons (Fsp3) is 0.105. The third-order valence-corrected chi connectivity index (χ3v) is 5.84. The van der Waals surface area contributed by atoms with Crippen molar-refractivity contribution in [2.75, 3.05) is 14.1 Å². The number of hydrazone groups is 1. The highest BCUT2D eigenvalue weighted by Crippen LogP contribution is 2.15. The van der Waals surface area contributed by atoms with Crippen LogP contribution >= 0.6 is 0 Å². The Morgan fingerprint density at radius 2 is 1.86 bits per heavy atom. The number of carbonyl (C=O) groups is 1. The van der Waals surface area contributed by atoms with Crippen LogP contribution in [0.4, 0.5) is 0 Å². The first-order chi connectivity index (χ1) is 13.3. The number of pyridine rings is 1. The molecule has 0 atom stereocenters. The summed E-state index contributed by atoms with van der Waals surface area (Å²) in [7, 11) is -0.833. The largest absolute Gasteiger partial charge is 0.321 e. The van der Waals surface area contributed by atoms with Gasteiger partial charge in [-0.15, -0.1) is 0 Å². The van der Waals surface area contributed by atoms with Gasteiger partial charge in [0, 0.05) is 25.2 Å². The molecule has 1 aromatic heterocycles. The number of benzene rings is 2. The van der Waals surface area contributed by atoms with Crippen molar-refractivity contribution < 1.29 is 13.2 Å². The van der Waals surface area contributed by atoms with E-state index in [4.69, 9.17) is 0 Å². The second-order valence-corrected chi connectivity index (χ2v) is 8.31. The molecule has 0 saturated carbocycles. The number of H-pyrrole nitrogens is 1. The third kappa shape index (κ3) is 4.00. The summed E-state index contributed by atoms with van der Waals surface area (Å²) >= 11 is 0. The smallest absolute Gasteiger partial charge is 0.271 e. The summed E-state index contributed by atoms with van der Waals surface area (Å²) in [6.45, 7) is 0. The van der Waals surface area contributed by atoms with Gasteiger partial charge in [-0.1, -0.05) is 24.3 Å². The summed E-state index contributed by atoms with van der Waals surface area (Å²) in [6.07, 6.45) is 1.24. The van der Waals surface area contributed by atoms with Gasteiger partial charge in [0.1, 0.15) is 0 Å². The van der Waals surface area contributed by atoms with Crippen molar-refractivity contribution in [1.29, 1.82) is 0 Å². The van der Waals surface area contributed by atoms with E-state index in [9.17, 15) is 18.0 Å². The molecule has 9 heteroatoms. The molecule has 0 saturated heterocycles. The van der Waals surface area contributed by atoms with E-state index >= 15 is 0 Å². The Bertz CT molecular complexity index is 1230. The summed E-state index contributed by atoms with van der Waals surface area (Å²) in [5, 5.41) is 4.64. The van der Waals surface area contributed by atoms with Crippen LogP contribution < -0.4 is 11.0 Å². The van der Waals surface area contributed by atoms with Gasteiger partial charge >= 0.3 is 0 Å². The Morgan fingerprint density at radius 3 is 2.61 bits per heavy atom. The lowest BCUT2D eigenvalue weighted by Crippen LogP contribution is -2.23. The lowest BCUT2D eigenvalue weighted by atomic mass is 10.2. The SMILES string of the molecule is CN(C)S(=O)(=O)c1cccc(C(=O)N/N=C/c2cc3ccccc3[nH]c2=O)c1. The number of aromatic amines is 1. The zero-order valence-corrected chi connectivity index (χ0v) is 16.0. The zero-order chi connectivity index (χ0) is 20.3. The lowest BCUT2D eigenvalue weighted by molar-refractivity contribution is 0.0955. The Kier molecular flexibility index (Phi) is 5.39. The van der Waals surface area contributed by atoms with E-state index in [-0.39, 0.29) is 21.6 Å². The maximum atomic E-state index is 12.3. The zero-order valence-electron chi connectivity index (χ0n) is 15.2. The van der Waals surface area contributed by atoms with Gasteiger partial charge in [0.05, 0.1) is 16.7 Å². The molecule has 0 aliphatic carbocycles. The van der Waals surface area contributed by atoms with Gasteiger partial charge in [0.25, 0.3) is 11.5 Å². The van der Waals surface area contributed by atoms with E-state index < -0.39 is 15.9 Å². The molecule has 2 N–H and O–H groups in total. The predicted octanol–water partition coefficient (Wildman–Crippen LogP) is 1.54. The second kappa shape index (κ2) is 7.75. The van der Waals surface area contributed by atoms with Crippen LogP contribution in [0.3, 0.4) is 0 Å². The maximum absolute atomic E-state index is 12.3. The van der Waals surface area contributed by atoms with Crippen LogP contribution in [0.5, 0.6) is 0 Å². The van der Waals surface area contributed by atoms with E-state index in [2.05, 4.69) is 15.5 Å².